The Morgan fingerprint density at radius 2 is 2.06 bits per heavy atom. The van der Waals surface area contributed by atoms with Gasteiger partial charge in [0.1, 0.15) is 5.01 Å². The number of rotatable bonds is 4. The summed E-state index contributed by atoms with van der Waals surface area (Å²) >= 11 is 1.72. The number of thiazole rings is 1. The fourth-order valence-electron chi connectivity index (χ4n) is 1.87. The van der Waals surface area contributed by atoms with Crippen molar-refractivity contribution in [3.63, 3.8) is 0 Å². The summed E-state index contributed by atoms with van der Waals surface area (Å²) < 4.78 is 0. The van der Waals surface area contributed by atoms with Crippen molar-refractivity contribution < 1.29 is 0 Å². The average molecular weight is 260 g/mol. The number of nitrogens with one attached hydrogen (secondary N) is 1. The van der Waals surface area contributed by atoms with Crippen molar-refractivity contribution in [2.75, 3.05) is 0 Å². The van der Waals surface area contributed by atoms with Gasteiger partial charge in [0.05, 0.1) is 5.69 Å². The number of aryl methyl sites for hydroxylation is 2. The molecule has 0 aliphatic carbocycles. The molecule has 3 heteroatoms. The Labute approximate surface area is 113 Å². The van der Waals surface area contributed by atoms with Crippen molar-refractivity contribution in [1.82, 2.24) is 10.3 Å². The summed E-state index contributed by atoms with van der Waals surface area (Å²) in [4.78, 5) is 4.70. The second kappa shape index (κ2) is 5.63. The second-order valence-electron chi connectivity index (χ2n) is 5.00. The van der Waals surface area contributed by atoms with Gasteiger partial charge in [0.2, 0.25) is 0 Å². The first kappa shape index (κ1) is 13.2. The molecule has 96 valence electrons. The fourth-order valence-corrected chi connectivity index (χ4v) is 2.78. The maximum atomic E-state index is 4.70. The molecule has 0 radical (unpaired) electrons. The van der Waals surface area contributed by atoms with Crippen molar-refractivity contribution in [3.05, 3.63) is 40.4 Å². The van der Waals surface area contributed by atoms with Gasteiger partial charge in [0, 0.05) is 23.5 Å². The average Bonchev–Trinajstić information content (AvgIpc) is 2.75. The lowest BCUT2D eigenvalue weighted by molar-refractivity contribution is 0.583. The highest BCUT2D eigenvalue weighted by Gasteiger charge is 2.07. The Bertz CT molecular complexity index is 529. The summed E-state index contributed by atoms with van der Waals surface area (Å²) in [5.74, 6) is 0. The third-order valence-electron chi connectivity index (χ3n) is 2.86. The smallest absolute Gasteiger partial charge is 0.123 e. The molecule has 0 bridgehead atoms. The molecule has 18 heavy (non-hydrogen) atoms. The maximum absolute atomic E-state index is 4.70. The molecule has 0 spiro atoms. The van der Waals surface area contributed by atoms with Crippen molar-refractivity contribution in [2.24, 2.45) is 0 Å². The Kier molecular flexibility index (Phi) is 4.15. The van der Waals surface area contributed by atoms with Crippen LogP contribution in [0, 0.1) is 13.8 Å². The number of hydrogen-bond acceptors (Lipinski definition) is 3. The standard InChI is InChI=1S/C15H20N2S/c1-10(2)16-8-13-9-18-15(17-13)14-6-5-11(3)7-12(14)4/h5-7,9-10,16H,8H2,1-4H3. The maximum Gasteiger partial charge on any atom is 0.123 e. The first-order valence-electron chi connectivity index (χ1n) is 6.31. The van der Waals surface area contributed by atoms with Crippen LogP contribution < -0.4 is 5.32 Å². The van der Waals surface area contributed by atoms with E-state index in [1.54, 1.807) is 11.3 Å². The summed E-state index contributed by atoms with van der Waals surface area (Å²) in [5.41, 5.74) is 4.98. The van der Waals surface area contributed by atoms with E-state index in [4.69, 9.17) is 4.98 Å². The second-order valence-corrected chi connectivity index (χ2v) is 5.86. The lowest BCUT2D eigenvalue weighted by Gasteiger charge is -2.05. The quantitative estimate of drug-likeness (QED) is 0.901. The molecule has 1 N–H and O–H groups in total. The molecule has 0 atom stereocenters. The molecule has 0 aliphatic heterocycles. The van der Waals surface area contributed by atoms with Crippen LogP contribution in [0.3, 0.4) is 0 Å². The largest absolute Gasteiger partial charge is 0.309 e. The van der Waals surface area contributed by atoms with E-state index in [9.17, 15) is 0 Å². The van der Waals surface area contributed by atoms with Crippen LogP contribution in [0.4, 0.5) is 0 Å². The zero-order valence-electron chi connectivity index (χ0n) is 11.4. The molecule has 0 fully saturated rings. The SMILES string of the molecule is Cc1ccc(-c2nc(CNC(C)C)cs2)c(C)c1. The Morgan fingerprint density at radius 1 is 1.28 bits per heavy atom. The lowest BCUT2D eigenvalue weighted by atomic mass is 10.1. The minimum absolute atomic E-state index is 0.497. The first-order chi connectivity index (χ1) is 8.56. The van der Waals surface area contributed by atoms with Crippen molar-refractivity contribution in [2.45, 2.75) is 40.3 Å². The van der Waals surface area contributed by atoms with Crippen LogP contribution in [-0.2, 0) is 6.54 Å². The molecule has 0 saturated carbocycles. The lowest BCUT2D eigenvalue weighted by Crippen LogP contribution is -2.21. The summed E-state index contributed by atoms with van der Waals surface area (Å²) in [6.45, 7) is 9.42. The van der Waals surface area contributed by atoms with Gasteiger partial charge >= 0.3 is 0 Å². The molecule has 2 rings (SSSR count). The summed E-state index contributed by atoms with van der Waals surface area (Å²) in [6, 6.07) is 7.03. The van der Waals surface area contributed by atoms with E-state index in [1.165, 1.54) is 16.7 Å². The van der Waals surface area contributed by atoms with Gasteiger partial charge in [-0.15, -0.1) is 11.3 Å². The molecule has 1 aromatic carbocycles. The Hall–Kier alpha value is -1.19. The van der Waals surface area contributed by atoms with Gasteiger partial charge in [-0.3, -0.25) is 0 Å². The van der Waals surface area contributed by atoms with Crippen LogP contribution in [0.2, 0.25) is 0 Å². The molecule has 0 unspecified atom stereocenters. The van der Waals surface area contributed by atoms with E-state index in [1.807, 2.05) is 0 Å². The normalized spacial score (nSPS) is 11.2. The minimum Gasteiger partial charge on any atom is -0.309 e. The number of hydrogen-bond donors (Lipinski definition) is 1. The van der Waals surface area contributed by atoms with Crippen LogP contribution in [0.15, 0.2) is 23.6 Å². The molecular weight excluding hydrogens is 240 g/mol. The van der Waals surface area contributed by atoms with Gasteiger partial charge in [-0.25, -0.2) is 4.98 Å². The topological polar surface area (TPSA) is 24.9 Å². The summed E-state index contributed by atoms with van der Waals surface area (Å²) in [7, 11) is 0. The summed E-state index contributed by atoms with van der Waals surface area (Å²) in [6.07, 6.45) is 0. The zero-order valence-corrected chi connectivity index (χ0v) is 12.3. The van der Waals surface area contributed by atoms with E-state index in [-0.39, 0.29) is 0 Å². The third kappa shape index (κ3) is 3.18. The first-order valence-corrected chi connectivity index (χ1v) is 7.19. The van der Waals surface area contributed by atoms with E-state index in [0.29, 0.717) is 6.04 Å². The Balaban J connectivity index is 2.18. The highest BCUT2D eigenvalue weighted by Crippen LogP contribution is 2.27. The molecule has 0 aliphatic rings. The minimum atomic E-state index is 0.497. The van der Waals surface area contributed by atoms with E-state index < -0.39 is 0 Å². The molecular formula is C15H20N2S. The molecule has 1 aromatic heterocycles. The van der Waals surface area contributed by atoms with Crippen LogP contribution in [0.1, 0.15) is 30.7 Å². The zero-order chi connectivity index (χ0) is 13.1. The highest BCUT2D eigenvalue weighted by atomic mass is 32.1. The monoisotopic (exact) mass is 260 g/mol. The van der Waals surface area contributed by atoms with Gasteiger partial charge in [-0.05, 0) is 19.4 Å². The van der Waals surface area contributed by atoms with Gasteiger partial charge in [-0.2, -0.15) is 0 Å². The van der Waals surface area contributed by atoms with Crippen LogP contribution in [0.25, 0.3) is 10.6 Å². The summed E-state index contributed by atoms with van der Waals surface area (Å²) in [5, 5.41) is 6.66. The van der Waals surface area contributed by atoms with Crippen molar-refractivity contribution in [1.29, 1.82) is 0 Å². The molecule has 2 aromatic rings. The molecule has 2 nitrogen and oxygen atoms in total. The van der Waals surface area contributed by atoms with Crippen LogP contribution in [-0.4, -0.2) is 11.0 Å². The fraction of sp³-hybridized carbons (Fsp3) is 0.400. The van der Waals surface area contributed by atoms with E-state index in [2.05, 4.69) is 56.6 Å². The third-order valence-corrected chi connectivity index (χ3v) is 3.78. The number of benzene rings is 1. The number of aromatic nitrogens is 1. The van der Waals surface area contributed by atoms with Crippen molar-refractivity contribution >= 4 is 11.3 Å². The Morgan fingerprint density at radius 3 is 2.72 bits per heavy atom. The van der Waals surface area contributed by atoms with E-state index >= 15 is 0 Å². The molecule has 0 amide bonds. The van der Waals surface area contributed by atoms with Gasteiger partial charge in [-0.1, -0.05) is 37.6 Å². The molecule has 0 saturated heterocycles. The van der Waals surface area contributed by atoms with Crippen LogP contribution in [0.5, 0.6) is 0 Å². The van der Waals surface area contributed by atoms with Gasteiger partial charge in [0.25, 0.3) is 0 Å². The van der Waals surface area contributed by atoms with Gasteiger partial charge in [0.15, 0.2) is 0 Å². The van der Waals surface area contributed by atoms with E-state index in [0.717, 1.165) is 17.2 Å². The predicted molar refractivity (Wildman–Crippen MR) is 79.0 cm³/mol. The number of nitrogens with zero attached hydrogens (tertiary/aromatic N) is 1. The molecule has 1 heterocycles. The van der Waals surface area contributed by atoms with Gasteiger partial charge < -0.3 is 5.32 Å². The predicted octanol–water partition coefficient (Wildman–Crippen LogP) is 3.92. The van der Waals surface area contributed by atoms with Crippen molar-refractivity contribution in [3.8, 4) is 10.6 Å². The van der Waals surface area contributed by atoms with Crippen LogP contribution >= 0.6 is 11.3 Å². The highest BCUT2D eigenvalue weighted by molar-refractivity contribution is 7.13.